The Morgan fingerprint density at radius 2 is 1.92 bits per heavy atom. The Morgan fingerprint density at radius 3 is 2.58 bits per heavy atom. The lowest BCUT2D eigenvalue weighted by Crippen LogP contribution is -2.40. The summed E-state index contributed by atoms with van der Waals surface area (Å²) in [5, 5.41) is 4.71. The normalized spacial score (nSPS) is 15.5. The first kappa shape index (κ1) is 18.8. The van der Waals surface area contributed by atoms with E-state index in [0.29, 0.717) is 38.6 Å². The molecule has 0 saturated carbocycles. The van der Waals surface area contributed by atoms with Gasteiger partial charge in [0.2, 0.25) is 10.0 Å². The SMILES string of the molecule is O=C(COc1ccc(S(=O)(=O)N2CCOCC2)cc1)NCc1cccs1. The molecule has 26 heavy (non-hydrogen) atoms. The number of hydrogen-bond donors (Lipinski definition) is 1. The van der Waals surface area contributed by atoms with Crippen LogP contribution in [0.5, 0.6) is 5.75 Å². The molecule has 1 fully saturated rings. The lowest BCUT2D eigenvalue weighted by Gasteiger charge is -2.26. The predicted molar refractivity (Wildman–Crippen MR) is 97.7 cm³/mol. The van der Waals surface area contributed by atoms with E-state index >= 15 is 0 Å². The van der Waals surface area contributed by atoms with E-state index in [4.69, 9.17) is 9.47 Å². The number of nitrogens with one attached hydrogen (secondary N) is 1. The first-order valence-electron chi connectivity index (χ1n) is 8.15. The molecule has 1 N–H and O–H groups in total. The van der Waals surface area contributed by atoms with Crippen molar-refractivity contribution < 1.29 is 22.7 Å². The molecule has 0 radical (unpaired) electrons. The molecule has 3 rings (SSSR count). The highest BCUT2D eigenvalue weighted by molar-refractivity contribution is 7.89. The molecule has 1 aromatic heterocycles. The Kier molecular flexibility index (Phi) is 6.25. The molecule has 0 aliphatic carbocycles. The van der Waals surface area contributed by atoms with Crippen molar-refractivity contribution in [2.24, 2.45) is 0 Å². The number of carbonyl (C=O) groups excluding carboxylic acids is 1. The molecule has 1 saturated heterocycles. The number of sulfonamides is 1. The Morgan fingerprint density at radius 1 is 1.19 bits per heavy atom. The van der Waals surface area contributed by atoms with E-state index in [1.54, 1.807) is 23.5 Å². The fourth-order valence-electron chi connectivity index (χ4n) is 2.44. The van der Waals surface area contributed by atoms with E-state index in [1.165, 1.54) is 16.4 Å². The van der Waals surface area contributed by atoms with Gasteiger partial charge >= 0.3 is 0 Å². The summed E-state index contributed by atoms with van der Waals surface area (Å²) in [6, 6.07) is 9.96. The summed E-state index contributed by atoms with van der Waals surface area (Å²) in [6.07, 6.45) is 0. The van der Waals surface area contributed by atoms with Crippen LogP contribution in [0, 0.1) is 0 Å². The van der Waals surface area contributed by atoms with Gasteiger partial charge in [0.05, 0.1) is 24.7 Å². The zero-order chi connectivity index (χ0) is 18.4. The summed E-state index contributed by atoms with van der Waals surface area (Å²) in [7, 11) is -3.52. The summed E-state index contributed by atoms with van der Waals surface area (Å²) in [4.78, 5) is 13.1. The van der Waals surface area contributed by atoms with Crippen LogP contribution < -0.4 is 10.1 Å². The van der Waals surface area contributed by atoms with Crippen LogP contribution in [0.25, 0.3) is 0 Å². The van der Waals surface area contributed by atoms with Gasteiger partial charge in [-0.25, -0.2) is 8.42 Å². The molecule has 140 valence electrons. The minimum absolute atomic E-state index is 0.124. The van der Waals surface area contributed by atoms with Crippen molar-refractivity contribution in [1.29, 1.82) is 0 Å². The van der Waals surface area contributed by atoms with Crippen molar-refractivity contribution in [1.82, 2.24) is 9.62 Å². The van der Waals surface area contributed by atoms with Crippen molar-refractivity contribution in [3.05, 3.63) is 46.7 Å². The van der Waals surface area contributed by atoms with Gasteiger partial charge in [-0.2, -0.15) is 4.31 Å². The number of carbonyl (C=O) groups is 1. The van der Waals surface area contributed by atoms with Gasteiger partial charge in [-0.3, -0.25) is 4.79 Å². The second-order valence-electron chi connectivity index (χ2n) is 5.63. The highest BCUT2D eigenvalue weighted by atomic mass is 32.2. The number of amides is 1. The zero-order valence-electron chi connectivity index (χ0n) is 14.1. The van der Waals surface area contributed by atoms with Crippen molar-refractivity contribution in [3.63, 3.8) is 0 Å². The van der Waals surface area contributed by atoms with Crippen LogP contribution in [-0.4, -0.2) is 51.5 Å². The Hall–Kier alpha value is -1.94. The standard InChI is InChI=1S/C17H20N2O5S2/c20-17(18-12-15-2-1-11-25-15)13-24-14-3-5-16(6-4-14)26(21,22)19-7-9-23-10-8-19/h1-6,11H,7-10,12-13H2,(H,18,20). The topological polar surface area (TPSA) is 84.9 Å². The maximum atomic E-state index is 12.5. The van der Waals surface area contributed by atoms with E-state index in [9.17, 15) is 13.2 Å². The summed E-state index contributed by atoms with van der Waals surface area (Å²) in [5.74, 6) is 0.209. The summed E-state index contributed by atoms with van der Waals surface area (Å²) in [5.41, 5.74) is 0. The van der Waals surface area contributed by atoms with E-state index in [-0.39, 0.29) is 17.4 Å². The van der Waals surface area contributed by atoms with Gasteiger partial charge in [-0.05, 0) is 35.7 Å². The number of thiophene rings is 1. The molecule has 1 aliphatic rings. The average Bonchev–Trinajstić information content (AvgIpc) is 3.19. The molecule has 9 heteroatoms. The lowest BCUT2D eigenvalue weighted by atomic mass is 10.3. The fourth-order valence-corrected chi connectivity index (χ4v) is 4.50. The van der Waals surface area contributed by atoms with Gasteiger partial charge in [-0.1, -0.05) is 6.07 Å². The molecule has 0 atom stereocenters. The molecule has 1 amide bonds. The van der Waals surface area contributed by atoms with Gasteiger partial charge in [0.15, 0.2) is 6.61 Å². The number of hydrogen-bond acceptors (Lipinski definition) is 6. The van der Waals surface area contributed by atoms with E-state index in [2.05, 4.69) is 5.32 Å². The first-order chi connectivity index (χ1) is 12.6. The van der Waals surface area contributed by atoms with E-state index < -0.39 is 10.0 Å². The molecule has 2 heterocycles. The summed E-state index contributed by atoms with van der Waals surface area (Å²) < 4.78 is 37.1. The molecule has 1 aromatic carbocycles. The Bertz CT molecular complexity index is 813. The third-order valence-corrected chi connectivity index (χ3v) is 6.63. The van der Waals surface area contributed by atoms with Crippen LogP contribution in [0.15, 0.2) is 46.7 Å². The fraction of sp³-hybridized carbons (Fsp3) is 0.353. The first-order valence-corrected chi connectivity index (χ1v) is 10.5. The molecular formula is C17H20N2O5S2. The highest BCUT2D eigenvalue weighted by Gasteiger charge is 2.26. The smallest absolute Gasteiger partial charge is 0.258 e. The number of ether oxygens (including phenoxy) is 2. The van der Waals surface area contributed by atoms with Gasteiger partial charge in [0, 0.05) is 18.0 Å². The van der Waals surface area contributed by atoms with Crippen molar-refractivity contribution in [2.45, 2.75) is 11.4 Å². The van der Waals surface area contributed by atoms with Crippen molar-refractivity contribution in [2.75, 3.05) is 32.9 Å². The van der Waals surface area contributed by atoms with Gasteiger partial charge in [0.25, 0.3) is 5.91 Å². The quantitative estimate of drug-likeness (QED) is 0.766. The van der Waals surface area contributed by atoms with Crippen LogP contribution in [0.2, 0.25) is 0 Å². The maximum absolute atomic E-state index is 12.5. The van der Waals surface area contributed by atoms with E-state index in [1.807, 2.05) is 17.5 Å². The van der Waals surface area contributed by atoms with E-state index in [0.717, 1.165) is 4.88 Å². The molecule has 0 bridgehead atoms. The number of benzene rings is 1. The predicted octanol–water partition coefficient (Wildman–Crippen LogP) is 1.46. The largest absolute Gasteiger partial charge is 0.484 e. The zero-order valence-corrected chi connectivity index (χ0v) is 15.7. The van der Waals surface area contributed by atoms with Crippen LogP contribution in [0.1, 0.15) is 4.88 Å². The van der Waals surface area contributed by atoms with Crippen LogP contribution in [0.4, 0.5) is 0 Å². The molecule has 1 aliphatic heterocycles. The van der Waals surface area contributed by atoms with Crippen LogP contribution in [0.3, 0.4) is 0 Å². The number of rotatable bonds is 7. The lowest BCUT2D eigenvalue weighted by molar-refractivity contribution is -0.123. The highest BCUT2D eigenvalue weighted by Crippen LogP contribution is 2.20. The summed E-state index contributed by atoms with van der Waals surface area (Å²) in [6.45, 7) is 1.86. The Balaban J connectivity index is 1.51. The summed E-state index contributed by atoms with van der Waals surface area (Å²) >= 11 is 1.57. The molecule has 7 nitrogen and oxygen atoms in total. The van der Waals surface area contributed by atoms with Crippen molar-refractivity contribution in [3.8, 4) is 5.75 Å². The second kappa shape index (κ2) is 8.63. The molecular weight excluding hydrogens is 376 g/mol. The third kappa shape index (κ3) is 4.82. The van der Waals surface area contributed by atoms with Crippen LogP contribution in [-0.2, 0) is 26.1 Å². The third-order valence-electron chi connectivity index (χ3n) is 3.84. The number of nitrogens with zero attached hydrogens (tertiary/aromatic N) is 1. The molecule has 2 aromatic rings. The second-order valence-corrected chi connectivity index (χ2v) is 8.60. The number of morpholine rings is 1. The minimum Gasteiger partial charge on any atom is -0.484 e. The average molecular weight is 396 g/mol. The van der Waals surface area contributed by atoms with Gasteiger partial charge in [0.1, 0.15) is 5.75 Å². The Labute approximate surface area is 156 Å². The maximum Gasteiger partial charge on any atom is 0.258 e. The molecule has 0 spiro atoms. The van der Waals surface area contributed by atoms with Crippen molar-refractivity contribution >= 4 is 27.3 Å². The monoisotopic (exact) mass is 396 g/mol. The van der Waals surface area contributed by atoms with Crippen LogP contribution >= 0.6 is 11.3 Å². The molecule has 0 unspecified atom stereocenters. The minimum atomic E-state index is -3.52. The van der Waals surface area contributed by atoms with Gasteiger partial charge in [-0.15, -0.1) is 11.3 Å². The van der Waals surface area contributed by atoms with Gasteiger partial charge < -0.3 is 14.8 Å².